The molecule has 1 heterocycles. The molecule has 7 heteroatoms. The van der Waals surface area contributed by atoms with Crippen LogP contribution in [0.5, 0.6) is 0 Å². The van der Waals surface area contributed by atoms with Crippen LogP contribution in [0.15, 0.2) is 12.3 Å². The number of hydrogen-bond acceptors (Lipinski definition) is 5. The van der Waals surface area contributed by atoms with E-state index in [9.17, 15) is 10.1 Å². The maximum atomic E-state index is 10.9. The van der Waals surface area contributed by atoms with Crippen LogP contribution in [0.1, 0.15) is 19.3 Å². The van der Waals surface area contributed by atoms with Gasteiger partial charge in [0.25, 0.3) is 0 Å². The number of aromatic nitrogens is 1. The molecule has 2 rings (SSSR count). The Hall–Kier alpha value is -1.01. The first kappa shape index (κ1) is 13.4. The summed E-state index contributed by atoms with van der Waals surface area (Å²) >= 11 is 7.53. The lowest BCUT2D eigenvalue weighted by atomic mass is 9.84. The minimum atomic E-state index is -0.465. The molecule has 0 spiro atoms. The first-order valence-electron chi connectivity index (χ1n) is 5.65. The molecule has 1 aromatic rings. The predicted molar refractivity (Wildman–Crippen MR) is 74.5 cm³/mol. The third-order valence-corrected chi connectivity index (χ3v) is 4.93. The van der Waals surface area contributed by atoms with Gasteiger partial charge in [0.05, 0.1) is 9.95 Å². The average Bonchev–Trinajstić information content (AvgIpc) is 2.29. The van der Waals surface area contributed by atoms with E-state index in [0.29, 0.717) is 12.4 Å². The highest BCUT2D eigenvalue weighted by Crippen LogP contribution is 2.43. The summed E-state index contributed by atoms with van der Waals surface area (Å²) < 4.78 is 0.204. The number of anilines is 1. The van der Waals surface area contributed by atoms with Crippen LogP contribution in [0.25, 0.3) is 0 Å². The molecule has 0 unspecified atom stereocenters. The van der Waals surface area contributed by atoms with Crippen molar-refractivity contribution < 1.29 is 4.92 Å². The molecule has 1 aliphatic carbocycles. The summed E-state index contributed by atoms with van der Waals surface area (Å²) in [4.78, 5) is 14.4. The van der Waals surface area contributed by atoms with E-state index in [0.717, 1.165) is 12.8 Å². The summed E-state index contributed by atoms with van der Waals surface area (Å²) in [5, 5.41) is 14.3. The Kier molecular flexibility index (Phi) is 3.97. The normalized spacial score (nSPS) is 17.0. The van der Waals surface area contributed by atoms with Gasteiger partial charge in [-0.05, 0) is 19.1 Å². The second-order valence-electron chi connectivity index (χ2n) is 4.37. The van der Waals surface area contributed by atoms with Crippen molar-refractivity contribution >= 4 is 34.9 Å². The molecule has 0 aliphatic heterocycles. The molecule has 1 fully saturated rings. The van der Waals surface area contributed by atoms with E-state index in [1.807, 2.05) is 11.8 Å². The fraction of sp³-hybridized carbons (Fsp3) is 0.545. The van der Waals surface area contributed by atoms with Crippen LogP contribution in [0.3, 0.4) is 0 Å². The van der Waals surface area contributed by atoms with Crippen LogP contribution >= 0.6 is 23.4 Å². The zero-order valence-electron chi connectivity index (χ0n) is 9.98. The van der Waals surface area contributed by atoms with Gasteiger partial charge < -0.3 is 5.32 Å². The maximum absolute atomic E-state index is 10.9. The third-order valence-electron chi connectivity index (χ3n) is 3.31. The number of halogens is 1. The molecule has 18 heavy (non-hydrogen) atoms. The molecule has 0 amide bonds. The fourth-order valence-electron chi connectivity index (χ4n) is 1.97. The minimum Gasteiger partial charge on any atom is -0.363 e. The van der Waals surface area contributed by atoms with Crippen LogP contribution in [-0.4, -0.2) is 27.5 Å². The van der Waals surface area contributed by atoms with E-state index < -0.39 is 4.92 Å². The Bertz CT molecular complexity index is 460. The maximum Gasteiger partial charge on any atom is 0.312 e. The van der Waals surface area contributed by atoms with Gasteiger partial charge in [-0.1, -0.05) is 18.0 Å². The van der Waals surface area contributed by atoms with E-state index in [-0.39, 0.29) is 15.5 Å². The Labute approximate surface area is 114 Å². The van der Waals surface area contributed by atoms with Crippen molar-refractivity contribution in [3.05, 3.63) is 27.4 Å². The Morgan fingerprint density at radius 2 is 2.39 bits per heavy atom. The number of hydrogen-bond donors (Lipinski definition) is 1. The average molecular weight is 288 g/mol. The largest absolute Gasteiger partial charge is 0.363 e. The zero-order valence-corrected chi connectivity index (χ0v) is 11.6. The lowest BCUT2D eigenvalue weighted by Gasteiger charge is -2.40. The second-order valence-corrected chi connectivity index (χ2v) is 6.08. The number of thioether (sulfide) groups is 1. The highest BCUT2D eigenvalue weighted by molar-refractivity contribution is 8.00. The van der Waals surface area contributed by atoms with Gasteiger partial charge in [-0.3, -0.25) is 10.1 Å². The Morgan fingerprint density at radius 3 is 2.89 bits per heavy atom. The molecule has 1 aromatic heterocycles. The van der Waals surface area contributed by atoms with Gasteiger partial charge >= 0.3 is 5.69 Å². The van der Waals surface area contributed by atoms with E-state index in [2.05, 4.69) is 16.6 Å². The number of nitro groups is 1. The van der Waals surface area contributed by atoms with E-state index in [1.54, 1.807) is 0 Å². The highest BCUT2D eigenvalue weighted by atomic mass is 35.5. The summed E-state index contributed by atoms with van der Waals surface area (Å²) in [5.74, 6) is 0.296. The smallest absolute Gasteiger partial charge is 0.312 e. The third kappa shape index (κ3) is 2.70. The van der Waals surface area contributed by atoms with Gasteiger partial charge in [-0.25, -0.2) is 4.98 Å². The first-order valence-corrected chi connectivity index (χ1v) is 7.25. The summed E-state index contributed by atoms with van der Waals surface area (Å²) in [6.07, 6.45) is 7.00. The van der Waals surface area contributed by atoms with Gasteiger partial charge in [0.1, 0.15) is 0 Å². The van der Waals surface area contributed by atoms with Gasteiger partial charge in [0.15, 0.2) is 0 Å². The van der Waals surface area contributed by atoms with Crippen molar-refractivity contribution in [1.82, 2.24) is 4.98 Å². The number of pyridine rings is 1. The Balaban J connectivity index is 2.11. The van der Waals surface area contributed by atoms with Crippen molar-refractivity contribution in [2.45, 2.75) is 24.0 Å². The van der Waals surface area contributed by atoms with Crippen LogP contribution in [0.4, 0.5) is 11.5 Å². The lowest BCUT2D eigenvalue weighted by Crippen LogP contribution is -2.40. The molecule has 0 atom stereocenters. The Morgan fingerprint density at radius 1 is 1.67 bits per heavy atom. The molecule has 1 saturated carbocycles. The van der Waals surface area contributed by atoms with Crippen molar-refractivity contribution in [1.29, 1.82) is 0 Å². The number of nitrogens with one attached hydrogen (secondary N) is 1. The first-order chi connectivity index (χ1) is 8.56. The molecule has 0 saturated heterocycles. The standard InChI is InChI=1S/C11H14ClN3O2S/c1-18-11(3-2-4-11)7-14-10-9(15(16)17)5-8(12)6-13-10/h5-6H,2-4,7H2,1H3,(H,13,14). The fourth-order valence-corrected chi connectivity index (χ4v) is 3.04. The van der Waals surface area contributed by atoms with E-state index in [4.69, 9.17) is 11.6 Å². The van der Waals surface area contributed by atoms with Crippen molar-refractivity contribution in [2.24, 2.45) is 0 Å². The van der Waals surface area contributed by atoms with Crippen molar-refractivity contribution in [3.63, 3.8) is 0 Å². The van der Waals surface area contributed by atoms with Crippen LogP contribution in [0, 0.1) is 10.1 Å². The predicted octanol–water partition coefficient (Wildman–Crippen LogP) is 3.34. The molecular formula is C11H14ClN3O2S. The summed E-state index contributed by atoms with van der Waals surface area (Å²) in [6.45, 7) is 0.698. The monoisotopic (exact) mass is 287 g/mol. The summed E-state index contributed by atoms with van der Waals surface area (Å²) in [6, 6.07) is 1.32. The van der Waals surface area contributed by atoms with Crippen LogP contribution in [0.2, 0.25) is 5.02 Å². The van der Waals surface area contributed by atoms with Crippen LogP contribution < -0.4 is 5.32 Å². The molecule has 1 N–H and O–H groups in total. The van der Waals surface area contributed by atoms with Gasteiger partial charge in [0.2, 0.25) is 5.82 Å². The molecule has 0 aromatic carbocycles. The van der Waals surface area contributed by atoms with Gasteiger partial charge in [0, 0.05) is 23.6 Å². The van der Waals surface area contributed by atoms with Gasteiger partial charge in [-0.15, -0.1) is 0 Å². The minimum absolute atomic E-state index is 0.0712. The summed E-state index contributed by atoms with van der Waals surface area (Å²) in [5.41, 5.74) is -0.0712. The SMILES string of the molecule is CSC1(CNc2ncc(Cl)cc2[N+](=O)[O-])CCC1. The highest BCUT2D eigenvalue weighted by Gasteiger charge is 2.36. The second kappa shape index (κ2) is 5.32. The molecular weight excluding hydrogens is 274 g/mol. The summed E-state index contributed by atoms with van der Waals surface area (Å²) in [7, 11) is 0. The molecule has 5 nitrogen and oxygen atoms in total. The molecule has 0 bridgehead atoms. The number of nitrogens with zero attached hydrogens (tertiary/aromatic N) is 2. The van der Waals surface area contributed by atoms with Crippen molar-refractivity contribution in [2.75, 3.05) is 18.1 Å². The van der Waals surface area contributed by atoms with E-state index in [1.165, 1.54) is 18.7 Å². The van der Waals surface area contributed by atoms with Crippen LogP contribution in [-0.2, 0) is 0 Å². The van der Waals surface area contributed by atoms with Gasteiger partial charge in [-0.2, -0.15) is 11.8 Å². The molecule has 1 aliphatic rings. The van der Waals surface area contributed by atoms with E-state index >= 15 is 0 Å². The zero-order chi connectivity index (χ0) is 13.2. The number of rotatable bonds is 5. The molecule has 98 valence electrons. The topological polar surface area (TPSA) is 68.1 Å². The quantitative estimate of drug-likeness (QED) is 0.664. The van der Waals surface area contributed by atoms with Crippen molar-refractivity contribution in [3.8, 4) is 0 Å². The lowest BCUT2D eigenvalue weighted by molar-refractivity contribution is -0.384. The molecule has 0 radical (unpaired) electrons.